The SMILES string of the molecule is COc1ccc2c(c1OCc1cnccn1)CC(C(=O)O)N(C(=O)C(OC1CCCC1)c1ccccc1)C2. The number of nitrogens with zero attached hydrogens (tertiary/aromatic N) is 3. The molecule has 0 spiro atoms. The first-order valence-electron chi connectivity index (χ1n) is 12.8. The lowest BCUT2D eigenvalue weighted by molar-refractivity contribution is -0.160. The Morgan fingerprint density at radius 3 is 2.58 bits per heavy atom. The Hall–Kier alpha value is -3.98. The molecular formula is C29H31N3O6. The van der Waals surface area contributed by atoms with Crippen molar-refractivity contribution in [2.24, 2.45) is 0 Å². The topological polar surface area (TPSA) is 111 Å². The highest BCUT2D eigenvalue weighted by Crippen LogP contribution is 2.40. The maximum absolute atomic E-state index is 14.0. The summed E-state index contributed by atoms with van der Waals surface area (Å²) in [4.78, 5) is 36.2. The number of hydrogen-bond donors (Lipinski definition) is 1. The molecular weight excluding hydrogens is 486 g/mol. The number of carbonyl (C=O) groups excluding carboxylic acids is 1. The predicted octanol–water partition coefficient (Wildman–Crippen LogP) is 4.10. The summed E-state index contributed by atoms with van der Waals surface area (Å²) >= 11 is 0. The van der Waals surface area contributed by atoms with Crippen LogP contribution in [0.4, 0.5) is 0 Å². The first-order chi connectivity index (χ1) is 18.5. The second kappa shape index (κ2) is 11.6. The summed E-state index contributed by atoms with van der Waals surface area (Å²) < 4.78 is 18.0. The molecule has 1 amide bonds. The number of methoxy groups -OCH3 is 1. The van der Waals surface area contributed by atoms with Crippen LogP contribution in [0.25, 0.3) is 0 Å². The molecule has 2 aromatic carbocycles. The molecule has 1 fully saturated rings. The Balaban J connectivity index is 1.46. The minimum Gasteiger partial charge on any atom is -0.493 e. The molecule has 1 aromatic heterocycles. The molecule has 38 heavy (non-hydrogen) atoms. The fraction of sp³-hybridized carbons (Fsp3) is 0.379. The number of aromatic nitrogens is 2. The zero-order chi connectivity index (χ0) is 26.5. The summed E-state index contributed by atoms with van der Waals surface area (Å²) in [6, 6.07) is 11.9. The Morgan fingerprint density at radius 2 is 1.89 bits per heavy atom. The van der Waals surface area contributed by atoms with Crippen LogP contribution in [-0.2, 0) is 33.9 Å². The normalized spacial score (nSPS) is 18.0. The molecule has 1 aliphatic carbocycles. The highest BCUT2D eigenvalue weighted by Gasteiger charge is 2.41. The van der Waals surface area contributed by atoms with Crippen molar-refractivity contribution < 1.29 is 28.9 Å². The Labute approximate surface area is 221 Å². The second-order valence-electron chi connectivity index (χ2n) is 9.58. The highest BCUT2D eigenvalue weighted by molar-refractivity contribution is 5.88. The summed E-state index contributed by atoms with van der Waals surface area (Å²) in [6.07, 6.45) is 7.88. The van der Waals surface area contributed by atoms with Crippen LogP contribution in [0.3, 0.4) is 0 Å². The highest BCUT2D eigenvalue weighted by atomic mass is 16.5. The van der Waals surface area contributed by atoms with Crippen molar-refractivity contribution in [3.05, 3.63) is 83.4 Å². The lowest BCUT2D eigenvalue weighted by atomic mass is 9.91. The molecule has 1 N–H and O–H groups in total. The monoisotopic (exact) mass is 517 g/mol. The van der Waals surface area contributed by atoms with Gasteiger partial charge in [0.05, 0.1) is 25.1 Å². The fourth-order valence-electron chi connectivity index (χ4n) is 5.21. The van der Waals surface area contributed by atoms with Crippen LogP contribution < -0.4 is 9.47 Å². The Morgan fingerprint density at radius 1 is 1.11 bits per heavy atom. The van der Waals surface area contributed by atoms with E-state index in [0.717, 1.165) is 36.8 Å². The van der Waals surface area contributed by atoms with Crippen LogP contribution in [-0.4, -0.2) is 51.1 Å². The van der Waals surface area contributed by atoms with Gasteiger partial charge in [-0.15, -0.1) is 0 Å². The molecule has 1 aliphatic heterocycles. The van der Waals surface area contributed by atoms with Crippen molar-refractivity contribution in [1.82, 2.24) is 14.9 Å². The van der Waals surface area contributed by atoms with Gasteiger partial charge in [0.25, 0.3) is 5.91 Å². The van der Waals surface area contributed by atoms with Gasteiger partial charge in [0.2, 0.25) is 0 Å². The molecule has 0 radical (unpaired) electrons. The van der Waals surface area contributed by atoms with Gasteiger partial charge in [-0.05, 0) is 30.0 Å². The van der Waals surface area contributed by atoms with Crippen LogP contribution in [0.5, 0.6) is 11.5 Å². The number of benzene rings is 2. The zero-order valence-corrected chi connectivity index (χ0v) is 21.3. The van der Waals surface area contributed by atoms with E-state index in [-0.39, 0.29) is 31.6 Å². The average molecular weight is 518 g/mol. The fourth-order valence-corrected chi connectivity index (χ4v) is 5.21. The smallest absolute Gasteiger partial charge is 0.326 e. The summed E-state index contributed by atoms with van der Waals surface area (Å²) in [5, 5.41) is 10.2. The first-order valence-corrected chi connectivity index (χ1v) is 12.8. The van der Waals surface area contributed by atoms with Crippen LogP contribution in [0, 0.1) is 0 Å². The van der Waals surface area contributed by atoms with Gasteiger partial charge in [-0.3, -0.25) is 14.8 Å². The quantitative estimate of drug-likeness (QED) is 0.452. The number of carbonyl (C=O) groups is 2. The summed E-state index contributed by atoms with van der Waals surface area (Å²) in [5.74, 6) is -0.488. The van der Waals surface area contributed by atoms with Crippen LogP contribution in [0.15, 0.2) is 61.1 Å². The number of carboxylic acids is 1. The van der Waals surface area contributed by atoms with Crippen molar-refractivity contribution in [3.63, 3.8) is 0 Å². The van der Waals surface area contributed by atoms with Gasteiger partial charge in [0, 0.05) is 30.9 Å². The molecule has 0 bridgehead atoms. The summed E-state index contributed by atoms with van der Waals surface area (Å²) in [6.45, 7) is 0.264. The van der Waals surface area contributed by atoms with E-state index in [4.69, 9.17) is 14.2 Å². The molecule has 2 atom stereocenters. The molecule has 3 aromatic rings. The Bertz CT molecular complexity index is 1260. The van der Waals surface area contributed by atoms with Crippen molar-refractivity contribution in [1.29, 1.82) is 0 Å². The second-order valence-corrected chi connectivity index (χ2v) is 9.58. The van der Waals surface area contributed by atoms with Gasteiger partial charge in [0.15, 0.2) is 17.6 Å². The molecule has 9 heteroatoms. The third-order valence-electron chi connectivity index (χ3n) is 7.16. The van der Waals surface area contributed by atoms with E-state index in [1.807, 2.05) is 36.4 Å². The van der Waals surface area contributed by atoms with E-state index in [1.54, 1.807) is 24.7 Å². The number of carboxylic acid groups (broad SMARTS) is 1. The maximum atomic E-state index is 14.0. The third-order valence-corrected chi connectivity index (χ3v) is 7.16. The van der Waals surface area contributed by atoms with E-state index in [1.165, 1.54) is 12.0 Å². The van der Waals surface area contributed by atoms with E-state index in [9.17, 15) is 14.7 Å². The number of amides is 1. The van der Waals surface area contributed by atoms with E-state index < -0.39 is 18.1 Å². The lowest BCUT2D eigenvalue weighted by Crippen LogP contribution is -2.50. The summed E-state index contributed by atoms with van der Waals surface area (Å²) in [7, 11) is 1.54. The van der Waals surface area contributed by atoms with E-state index >= 15 is 0 Å². The van der Waals surface area contributed by atoms with E-state index in [2.05, 4.69) is 9.97 Å². The standard InChI is InChI=1S/C29H31N3O6/c1-36-25-12-11-20-17-32(28(33)26(19-7-3-2-4-8-19)38-22-9-5-6-10-22)24(29(34)35)15-23(20)27(25)37-18-21-16-30-13-14-31-21/h2-4,7-8,11-14,16,22,24,26H,5-6,9-10,15,17-18H2,1H3,(H,34,35). The predicted molar refractivity (Wildman–Crippen MR) is 138 cm³/mol. The van der Waals surface area contributed by atoms with Gasteiger partial charge >= 0.3 is 5.97 Å². The number of aliphatic carboxylic acids is 1. The lowest BCUT2D eigenvalue weighted by Gasteiger charge is -2.37. The van der Waals surface area contributed by atoms with Crippen LogP contribution in [0.2, 0.25) is 0 Å². The number of hydrogen-bond acceptors (Lipinski definition) is 7. The van der Waals surface area contributed by atoms with Crippen molar-refractivity contribution in [2.75, 3.05) is 7.11 Å². The average Bonchev–Trinajstić information content (AvgIpc) is 3.48. The number of fused-ring (bicyclic) bond motifs is 1. The minimum atomic E-state index is -1.08. The van der Waals surface area contributed by atoms with E-state index in [0.29, 0.717) is 22.8 Å². The molecule has 1 saturated carbocycles. The van der Waals surface area contributed by atoms with Crippen molar-refractivity contribution in [2.45, 2.75) is 63.5 Å². The molecule has 2 heterocycles. The Kier molecular flexibility index (Phi) is 7.83. The minimum absolute atomic E-state index is 0.0186. The van der Waals surface area contributed by atoms with Gasteiger partial charge in [-0.25, -0.2) is 4.79 Å². The number of rotatable bonds is 9. The third kappa shape index (κ3) is 5.47. The van der Waals surface area contributed by atoms with Crippen molar-refractivity contribution in [3.8, 4) is 11.5 Å². The molecule has 5 rings (SSSR count). The van der Waals surface area contributed by atoms with Gasteiger partial charge in [-0.1, -0.05) is 49.2 Å². The van der Waals surface area contributed by atoms with Gasteiger partial charge < -0.3 is 24.2 Å². The van der Waals surface area contributed by atoms with Crippen LogP contribution in [0.1, 0.15) is 54.2 Å². The molecule has 0 saturated heterocycles. The molecule has 2 unspecified atom stereocenters. The molecule has 198 valence electrons. The number of ether oxygens (including phenoxy) is 3. The van der Waals surface area contributed by atoms with Gasteiger partial charge in [-0.2, -0.15) is 0 Å². The first kappa shape index (κ1) is 25.7. The zero-order valence-electron chi connectivity index (χ0n) is 21.3. The summed E-state index contributed by atoms with van der Waals surface area (Å²) in [5.41, 5.74) is 2.86. The van der Waals surface area contributed by atoms with Gasteiger partial charge in [0.1, 0.15) is 12.6 Å². The van der Waals surface area contributed by atoms with Crippen molar-refractivity contribution >= 4 is 11.9 Å². The molecule has 2 aliphatic rings. The largest absolute Gasteiger partial charge is 0.493 e. The molecule has 9 nitrogen and oxygen atoms in total. The maximum Gasteiger partial charge on any atom is 0.326 e. The van der Waals surface area contributed by atoms with Crippen LogP contribution >= 0.6 is 0 Å².